The number of aliphatic carboxylic acids is 1. The van der Waals surface area contributed by atoms with Gasteiger partial charge in [-0.05, 0) is 79.4 Å². The van der Waals surface area contributed by atoms with Crippen molar-refractivity contribution in [2.75, 3.05) is 31.7 Å². The van der Waals surface area contributed by atoms with Gasteiger partial charge in [0, 0.05) is 59.4 Å². The van der Waals surface area contributed by atoms with Crippen molar-refractivity contribution in [1.29, 1.82) is 0 Å². The predicted molar refractivity (Wildman–Crippen MR) is 267 cm³/mol. The lowest BCUT2D eigenvalue weighted by Gasteiger charge is -2.59. The number of allylic oxidation sites excluding steroid dienone is 4. The van der Waals surface area contributed by atoms with E-state index in [0.29, 0.717) is 30.4 Å². The largest absolute Gasteiger partial charge is 0.481 e. The quantitative estimate of drug-likeness (QED) is 0.0934. The Morgan fingerprint density at radius 2 is 1.59 bits per heavy atom. The minimum Gasteiger partial charge on any atom is -0.481 e. The number of carboxylic acid groups (broad SMARTS) is 1. The summed E-state index contributed by atoms with van der Waals surface area (Å²) >= 11 is 0. The van der Waals surface area contributed by atoms with Crippen LogP contribution in [0.2, 0.25) is 0 Å². The summed E-state index contributed by atoms with van der Waals surface area (Å²) in [4.78, 5) is 129. The van der Waals surface area contributed by atoms with Crippen LogP contribution >= 0.6 is 0 Å². The van der Waals surface area contributed by atoms with Gasteiger partial charge in [0.25, 0.3) is 11.8 Å². The number of hydrogen-bond donors (Lipinski definition) is 7. The third kappa shape index (κ3) is 10.9. The number of hydrogen-bond acceptors (Lipinski definition) is 17. The first-order valence-electron chi connectivity index (χ1n) is 25.8. The van der Waals surface area contributed by atoms with Gasteiger partial charge in [-0.1, -0.05) is 67.0 Å². The molecule has 414 valence electrons. The van der Waals surface area contributed by atoms with Crippen LogP contribution in [0, 0.1) is 28.6 Å². The average molecular weight is 1080 g/mol. The lowest BCUT2D eigenvalue weighted by atomic mass is 9.46. The fraction of sp³-hybridized carbons (Fsp3) is 0.491. The number of carboxylic acids is 1. The molecule has 2 aromatic rings. The summed E-state index contributed by atoms with van der Waals surface area (Å²) in [5.41, 5.74) is -0.275. The number of alkyl carbamates (subject to hydrolysis) is 1. The molecule has 0 radical (unpaired) electrons. The Bertz CT molecular complexity index is 2860. The fourth-order valence-corrected chi connectivity index (χ4v) is 12.8. The number of carbonyl (C=O) groups is 10. The third-order valence-corrected chi connectivity index (χ3v) is 16.6. The zero-order chi connectivity index (χ0) is 55.7. The van der Waals surface area contributed by atoms with Gasteiger partial charge in [0.15, 0.2) is 23.5 Å². The monoisotopic (exact) mass is 1080 g/mol. The van der Waals surface area contributed by atoms with Crippen LogP contribution in [0.15, 0.2) is 84.5 Å². The Hall–Kier alpha value is -7.44. The van der Waals surface area contributed by atoms with E-state index in [4.69, 9.17) is 18.9 Å². The molecule has 23 nitrogen and oxygen atoms in total. The second kappa shape index (κ2) is 22.1. The van der Waals surface area contributed by atoms with Gasteiger partial charge < -0.3 is 60.4 Å². The molecule has 3 saturated carbocycles. The molecule has 0 spiro atoms. The summed E-state index contributed by atoms with van der Waals surface area (Å²) < 4.78 is 24.5. The number of carbonyl (C=O) groups excluding carboxylic acids is 9. The maximum absolute atomic E-state index is 14.0. The number of imide groups is 1. The van der Waals surface area contributed by atoms with Crippen molar-refractivity contribution in [1.82, 2.24) is 21.0 Å². The smallest absolute Gasteiger partial charge is 0.408 e. The van der Waals surface area contributed by atoms with Crippen LogP contribution in [0.1, 0.15) is 88.2 Å². The maximum Gasteiger partial charge on any atom is 0.408 e. The van der Waals surface area contributed by atoms with E-state index in [1.165, 1.54) is 12.1 Å². The maximum atomic E-state index is 14.0. The summed E-state index contributed by atoms with van der Waals surface area (Å²) in [6, 6.07) is 12.3. The number of anilines is 1. The molecule has 23 heteroatoms. The number of hydroxylamine groups is 2. The van der Waals surface area contributed by atoms with E-state index >= 15 is 0 Å². The van der Waals surface area contributed by atoms with E-state index in [9.17, 15) is 63.3 Å². The van der Waals surface area contributed by atoms with Crippen LogP contribution in [0.5, 0.6) is 0 Å². The van der Waals surface area contributed by atoms with Gasteiger partial charge in [0.2, 0.25) is 17.7 Å². The SMILES string of the molecule is C[C@]12C=CC(=O)C=C1CC[C@@H]1[C@@H]2[C@@H](O)C[C@@]2(C)[C@H]1C[C@H]1O[C@@H](c3ccc(CC4(NC(=O)OCc5ccc(NC(=O)[C@H](CCC(=O)O)NC(=O)CNC(=O)CCC(=O)ON6C(=O)C=CC6=O)cc5)COC4)cc3)O[C@]12C(=O)CO. The van der Waals surface area contributed by atoms with Gasteiger partial charge >= 0.3 is 18.0 Å². The highest BCUT2D eigenvalue weighted by Crippen LogP contribution is 2.70. The van der Waals surface area contributed by atoms with Gasteiger partial charge in [-0.2, -0.15) is 0 Å². The van der Waals surface area contributed by atoms with Crippen molar-refractivity contribution in [2.45, 2.75) is 114 Å². The van der Waals surface area contributed by atoms with Gasteiger partial charge in [0.1, 0.15) is 19.3 Å². The number of benzene rings is 2. The summed E-state index contributed by atoms with van der Waals surface area (Å²) in [6.45, 7) is 2.97. The first-order valence-corrected chi connectivity index (χ1v) is 25.8. The van der Waals surface area contributed by atoms with Gasteiger partial charge in [-0.25, -0.2) is 9.59 Å². The van der Waals surface area contributed by atoms with E-state index in [-0.39, 0.29) is 66.9 Å². The topological polar surface area (TPSA) is 329 Å². The first kappa shape index (κ1) is 55.3. The molecule has 5 fully saturated rings. The van der Waals surface area contributed by atoms with Crippen LogP contribution in [0.25, 0.3) is 0 Å². The van der Waals surface area contributed by atoms with Crippen molar-refractivity contribution in [2.24, 2.45) is 28.6 Å². The van der Waals surface area contributed by atoms with Crippen LogP contribution in [0.3, 0.4) is 0 Å². The third-order valence-electron chi connectivity index (χ3n) is 16.6. The van der Waals surface area contributed by atoms with E-state index in [1.807, 2.05) is 37.3 Å². The number of Topliss-reactive ketones (excluding diaryl/α,β-unsaturated/α-hetero) is 1. The number of nitrogens with zero attached hydrogens (tertiary/aromatic N) is 1. The van der Waals surface area contributed by atoms with E-state index < -0.39 is 132 Å². The number of aliphatic hydroxyl groups is 2. The molecule has 3 heterocycles. The van der Waals surface area contributed by atoms with Gasteiger partial charge in [-0.3, -0.25) is 38.4 Å². The molecular formula is C55H61N5O18. The molecule has 3 aliphatic heterocycles. The number of aliphatic hydroxyl groups excluding tert-OH is 2. The molecule has 10 atom stereocenters. The summed E-state index contributed by atoms with van der Waals surface area (Å²) in [5.74, 6) is -7.09. The van der Waals surface area contributed by atoms with Gasteiger partial charge in [0.05, 0.1) is 43.9 Å². The zero-order valence-corrected chi connectivity index (χ0v) is 42.9. The van der Waals surface area contributed by atoms with Crippen molar-refractivity contribution >= 4 is 64.8 Å². The van der Waals surface area contributed by atoms with Crippen LogP contribution in [0.4, 0.5) is 10.5 Å². The minimum atomic E-state index is -1.50. The second-order valence-electron chi connectivity index (χ2n) is 21.5. The Morgan fingerprint density at radius 3 is 2.26 bits per heavy atom. The molecule has 78 heavy (non-hydrogen) atoms. The van der Waals surface area contributed by atoms with E-state index in [0.717, 1.165) is 29.7 Å². The number of amides is 6. The molecule has 0 aromatic heterocycles. The average Bonchev–Trinajstić information content (AvgIpc) is 4.08. The zero-order valence-electron chi connectivity index (χ0n) is 42.9. The van der Waals surface area contributed by atoms with Crippen molar-refractivity contribution in [3.8, 4) is 0 Å². The summed E-state index contributed by atoms with van der Waals surface area (Å²) in [7, 11) is 0. The second-order valence-corrected chi connectivity index (χ2v) is 21.5. The van der Waals surface area contributed by atoms with Crippen molar-refractivity contribution < 1.29 is 87.0 Å². The van der Waals surface area contributed by atoms with E-state index in [1.54, 1.807) is 24.3 Å². The number of ketones is 2. The first-order chi connectivity index (χ1) is 37.2. The molecule has 6 amide bonds. The molecule has 9 rings (SSSR count). The van der Waals surface area contributed by atoms with E-state index in [2.05, 4.69) is 33.0 Å². The Morgan fingerprint density at radius 1 is 0.885 bits per heavy atom. The molecule has 2 aromatic carbocycles. The fourth-order valence-electron chi connectivity index (χ4n) is 12.8. The molecule has 7 aliphatic rings. The highest BCUT2D eigenvalue weighted by atomic mass is 16.7. The summed E-state index contributed by atoms with van der Waals surface area (Å²) in [6.07, 6.45) is 4.75. The molecule has 2 saturated heterocycles. The van der Waals surface area contributed by atoms with Crippen LogP contribution in [-0.2, 0) is 80.0 Å². The van der Waals surface area contributed by atoms with Crippen LogP contribution in [-0.4, -0.2) is 135 Å². The van der Waals surface area contributed by atoms with Gasteiger partial charge in [-0.15, -0.1) is 0 Å². The number of ether oxygens (including phenoxy) is 4. The standard InChI is InChI=1S/C55H61N5O18/c1-52-20-19-35(62)21-33(52)9-12-36-37-22-41-55(40(64)26-61,53(37,2)24-39(63)48(36)52)77-50(76-41)32-7-3-30(4-8-32)23-54(28-74-29-54)59-51(73)75-27-31-5-10-34(11-6-31)57-49(72)38(13-17-46(69)70)58-43(66)25-56-42(65)14-18-47(71)78-60-44(67)15-16-45(60)68/h3-8,10-11,15-16,19-21,36-39,41,48,50,61,63H,9,12-14,17-18,22-29H2,1-2H3,(H,56,65)(H,57,72)(H,58,66)(H,59,73)(H,69,70)/t36-,37-,38-,39-,41+,48+,50+,52-,53-,55+/m0/s1. The Labute approximate surface area is 447 Å². The number of fused-ring (bicyclic) bond motifs is 7. The lowest BCUT2D eigenvalue weighted by molar-refractivity contribution is -0.201. The molecule has 4 aliphatic carbocycles. The van der Waals surface area contributed by atoms with Crippen LogP contribution < -0.4 is 21.3 Å². The highest BCUT2D eigenvalue weighted by molar-refractivity contribution is 6.12. The number of rotatable bonds is 20. The molecular weight excluding hydrogens is 1020 g/mol. The molecule has 0 bridgehead atoms. The number of nitrogens with one attached hydrogen (secondary N) is 4. The molecule has 0 unspecified atom stereocenters. The summed E-state index contributed by atoms with van der Waals surface area (Å²) in [5, 5.41) is 42.0. The predicted octanol–water partition coefficient (Wildman–Crippen LogP) is 2.10. The van der Waals surface area contributed by atoms with Crippen molar-refractivity contribution in [3.63, 3.8) is 0 Å². The normalized spacial score (nSPS) is 29.4. The Balaban J connectivity index is 0.741. The Kier molecular flexibility index (Phi) is 15.7. The lowest BCUT2D eigenvalue weighted by Crippen LogP contribution is -2.63. The minimum absolute atomic E-state index is 0.0240. The highest BCUT2D eigenvalue weighted by Gasteiger charge is 2.76. The molecule has 7 N–H and O–H groups in total. The van der Waals surface area contributed by atoms with Crippen molar-refractivity contribution in [3.05, 3.63) is 101 Å².